The van der Waals surface area contributed by atoms with Gasteiger partial charge in [-0.25, -0.2) is 0 Å². The maximum atomic E-state index is 11.6. The molecule has 1 aromatic rings. The predicted molar refractivity (Wildman–Crippen MR) is 122 cm³/mol. The van der Waals surface area contributed by atoms with Crippen molar-refractivity contribution in [3.8, 4) is 0 Å². The summed E-state index contributed by atoms with van der Waals surface area (Å²) in [6.45, 7) is 6.90. The minimum atomic E-state index is 0. The number of nitrogens with zero attached hydrogens (tertiary/aromatic N) is 2. The zero-order valence-electron chi connectivity index (χ0n) is 17.1. The topological polar surface area (TPSA) is 79.1 Å². The molecule has 0 aromatic carbocycles. The molecule has 0 saturated carbocycles. The Bertz CT molecular complexity index is 558. The number of likely N-dealkylation sites (tertiary alicyclic amines) is 1. The second-order valence-electron chi connectivity index (χ2n) is 6.82. The van der Waals surface area contributed by atoms with Crippen molar-refractivity contribution < 1.29 is 13.9 Å². The summed E-state index contributed by atoms with van der Waals surface area (Å²) in [5, 5.41) is 6.20. The molecule has 1 aromatic heterocycles. The van der Waals surface area contributed by atoms with E-state index < -0.39 is 0 Å². The minimum Gasteiger partial charge on any atom is -0.469 e. The third-order valence-electron chi connectivity index (χ3n) is 4.81. The monoisotopic (exact) mass is 506 g/mol. The van der Waals surface area contributed by atoms with Crippen LogP contribution in [0.4, 0.5) is 0 Å². The van der Waals surface area contributed by atoms with E-state index in [0.717, 1.165) is 76.8 Å². The lowest BCUT2D eigenvalue weighted by Gasteiger charge is -2.34. The first-order chi connectivity index (χ1) is 13.2. The fourth-order valence-electron chi connectivity index (χ4n) is 3.23. The third-order valence-corrected chi connectivity index (χ3v) is 4.81. The van der Waals surface area contributed by atoms with E-state index in [1.54, 1.807) is 13.3 Å². The van der Waals surface area contributed by atoms with Crippen molar-refractivity contribution in [2.75, 3.05) is 46.4 Å². The number of halogens is 1. The summed E-state index contributed by atoms with van der Waals surface area (Å²) in [5.41, 5.74) is 0. The molecular formula is C20H35IN4O3. The number of rotatable bonds is 10. The van der Waals surface area contributed by atoms with E-state index in [1.807, 2.05) is 19.1 Å². The minimum absolute atomic E-state index is 0. The van der Waals surface area contributed by atoms with Gasteiger partial charge in [-0.05, 0) is 44.2 Å². The van der Waals surface area contributed by atoms with E-state index in [0.29, 0.717) is 12.3 Å². The largest absolute Gasteiger partial charge is 0.469 e. The normalized spacial score (nSPS) is 15.2. The van der Waals surface area contributed by atoms with Crippen LogP contribution >= 0.6 is 24.0 Å². The van der Waals surface area contributed by atoms with E-state index in [9.17, 15) is 4.79 Å². The Kier molecular flexibility index (Phi) is 13.0. The van der Waals surface area contributed by atoms with Gasteiger partial charge < -0.3 is 24.7 Å². The molecule has 0 unspecified atom stereocenters. The van der Waals surface area contributed by atoms with Gasteiger partial charge in [0.05, 0.1) is 6.26 Å². The first kappa shape index (κ1) is 24.7. The zero-order valence-corrected chi connectivity index (χ0v) is 19.4. The number of furan rings is 1. The van der Waals surface area contributed by atoms with E-state index >= 15 is 0 Å². The number of carbonyl (C=O) groups is 1. The van der Waals surface area contributed by atoms with Gasteiger partial charge in [-0.15, -0.1) is 24.0 Å². The number of piperidine rings is 1. The number of carbonyl (C=O) groups excluding carboxylic acids is 1. The van der Waals surface area contributed by atoms with Crippen LogP contribution in [0, 0.1) is 5.92 Å². The predicted octanol–water partition coefficient (Wildman–Crippen LogP) is 2.66. The van der Waals surface area contributed by atoms with Gasteiger partial charge in [0.2, 0.25) is 5.91 Å². The molecule has 8 heteroatoms. The summed E-state index contributed by atoms with van der Waals surface area (Å²) in [6.07, 6.45) is 6.12. The zero-order chi connectivity index (χ0) is 19.3. The molecule has 1 saturated heterocycles. The van der Waals surface area contributed by atoms with Gasteiger partial charge in [-0.1, -0.05) is 0 Å². The second-order valence-corrected chi connectivity index (χ2v) is 6.82. The molecule has 0 bridgehead atoms. The van der Waals surface area contributed by atoms with Crippen molar-refractivity contribution in [2.24, 2.45) is 10.9 Å². The lowest BCUT2D eigenvalue weighted by atomic mass is 9.93. The summed E-state index contributed by atoms with van der Waals surface area (Å²) >= 11 is 0. The van der Waals surface area contributed by atoms with Crippen LogP contribution in [0.25, 0.3) is 0 Å². The van der Waals surface area contributed by atoms with Gasteiger partial charge in [0.15, 0.2) is 5.96 Å². The highest BCUT2D eigenvalue weighted by molar-refractivity contribution is 14.0. The van der Waals surface area contributed by atoms with E-state index in [4.69, 9.17) is 14.1 Å². The quantitative estimate of drug-likeness (QED) is 0.221. The number of nitrogens with one attached hydrogen (secondary N) is 2. The number of hydrogen-bond donors (Lipinski definition) is 2. The van der Waals surface area contributed by atoms with E-state index in [1.165, 1.54) is 0 Å². The highest BCUT2D eigenvalue weighted by Gasteiger charge is 2.23. The smallest absolute Gasteiger partial charge is 0.220 e. The fraction of sp³-hybridized carbons (Fsp3) is 0.700. The lowest BCUT2D eigenvalue weighted by Crippen LogP contribution is -2.46. The van der Waals surface area contributed by atoms with Crippen LogP contribution in [0.2, 0.25) is 0 Å². The number of aliphatic imine (C=N–C) groups is 1. The molecule has 28 heavy (non-hydrogen) atoms. The highest BCUT2D eigenvalue weighted by atomic mass is 127. The van der Waals surface area contributed by atoms with Gasteiger partial charge in [-0.3, -0.25) is 9.79 Å². The number of guanidine groups is 1. The average molecular weight is 506 g/mol. The lowest BCUT2D eigenvalue weighted by molar-refractivity contribution is -0.121. The van der Waals surface area contributed by atoms with Crippen molar-refractivity contribution in [2.45, 2.75) is 39.0 Å². The Morgan fingerprint density at radius 3 is 2.82 bits per heavy atom. The molecule has 0 spiro atoms. The van der Waals surface area contributed by atoms with Crippen molar-refractivity contribution in [3.05, 3.63) is 24.2 Å². The van der Waals surface area contributed by atoms with Gasteiger partial charge in [0.1, 0.15) is 5.76 Å². The molecule has 2 heterocycles. The van der Waals surface area contributed by atoms with Crippen molar-refractivity contribution in [1.29, 1.82) is 0 Å². The first-order valence-corrected chi connectivity index (χ1v) is 10.1. The maximum absolute atomic E-state index is 11.6. The van der Waals surface area contributed by atoms with Crippen molar-refractivity contribution >= 4 is 35.8 Å². The highest BCUT2D eigenvalue weighted by Crippen LogP contribution is 2.20. The standard InChI is InChI=1S/C20H34N4O3.HI/c1-3-26-14-5-10-22-20(23-11-7-18-6-4-15-27-18)24-12-8-17(9-13-24)16-19(25)21-2;/h4,6,15,17H,3,5,7-14,16H2,1-2H3,(H,21,25)(H,22,23);1H. The van der Waals surface area contributed by atoms with Crippen LogP contribution in [0.3, 0.4) is 0 Å². The Morgan fingerprint density at radius 1 is 1.39 bits per heavy atom. The average Bonchev–Trinajstić information content (AvgIpc) is 3.20. The van der Waals surface area contributed by atoms with Crippen molar-refractivity contribution in [1.82, 2.24) is 15.5 Å². The Hall–Kier alpha value is -1.29. The van der Waals surface area contributed by atoms with Crippen LogP contribution in [0.1, 0.15) is 38.4 Å². The van der Waals surface area contributed by atoms with Crippen LogP contribution < -0.4 is 10.6 Å². The Labute approximate surface area is 185 Å². The summed E-state index contributed by atoms with van der Waals surface area (Å²) in [7, 11) is 1.70. The first-order valence-electron chi connectivity index (χ1n) is 10.1. The van der Waals surface area contributed by atoms with Crippen LogP contribution in [0.5, 0.6) is 0 Å². The number of ether oxygens (including phenoxy) is 1. The summed E-state index contributed by atoms with van der Waals surface area (Å²) in [4.78, 5) is 18.7. The van der Waals surface area contributed by atoms with E-state index in [2.05, 4.69) is 15.5 Å². The molecule has 7 nitrogen and oxygen atoms in total. The molecule has 2 N–H and O–H groups in total. The van der Waals surface area contributed by atoms with Crippen LogP contribution in [0.15, 0.2) is 27.8 Å². The summed E-state index contributed by atoms with van der Waals surface area (Å²) in [5.74, 6) is 2.53. The molecule has 2 rings (SSSR count). The Morgan fingerprint density at radius 2 is 2.18 bits per heavy atom. The third kappa shape index (κ3) is 9.27. The summed E-state index contributed by atoms with van der Waals surface area (Å²) < 4.78 is 10.8. The molecular weight excluding hydrogens is 471 g/mol. The molecule has 0 radical (unpaired) electrons. The van der Waals surface area contributed by atoms with Gasteiger partial charge >= 0.3 is 0 Å². The Balaban J connectivity index is 0.00000392. The SMILES string of the molecule is CCOCCCN=C(NCCc1ccco1)N1CCC(CC(=O)NC)CC1.I. The fourth-order valence-corrected chi connectivity index (χ4v) is 3.23. The molecule has 1 fully saturated rings. The molecule has 1 amide bonds. The van der Waals surface area contributed by atoms with Gasteiger partial charge in [-0.2, -0.15) is 0 Å². The molecule has 1 aliphatic rings. The van der Waals surface area contributed by atoms with Gasteiger partial charge in [0.25, 0.3) is 0 Å². The maximum Gasteiger partial charge on any atom is 0.220 e. The molecule has 0 atom stereocenters. The summed E-state index contributed by atoms with van der Waals surface area (Å²) in [6, 6.07) is 3.90. The molecule has 160 valence electrons. The van der Waals surface area contributed by atoms with Crippen LogP contribution in [-0.2, 0) is 16.0 Å². The molecule has 0 aliphatic carbocycles. The van der Waals surface area contributed by atoms with Crippen molar-refractivity contribution in [3.63, 3.8) is 0 Å². The molecule has 1 aliphatic heterocycles. The van der Waals surface area contributed by atoms with Gasteiger partial charge in [0, 0.05) is 59.3 Å². The number of hydrogen-bond acceptors (Lipinski definition) is 4. The van der Waals surface area contributed by atoms with E-state index in [-0.39, 0.29) is 29.9 Å². The van der Waals surface area contributed by atoms with Crippen LogP contribution in [-0.4, -0.2) is 63.2 Å². The second kappa shape index (κ2) is 14.7. The number of amides is 1.